The fraction of sp³-hybridized carbons (Fsp3) is 0.560. The monoisotopic (exact) mass is 515 g/mol. The Morgan fingerprint density at radius 1 is 1.08 bits per heavy atom. The van der Waals surface area contributed by atoms with Gasteiger partial charge in [0.2, 0.25) is 0 Å². The van der Waals surface area contributed by atoms with Crippen LogP contribution < -0.4 is 15.5 Å². The summed E-state index contributed by atoms with van der Waals surface area (Å²) in [6, 6.07) is 8.89. The molecule has 10 nitrogen and oxygen atoms in total. The van der Waals surface area contributed by atoms with Crippen LogP contribution in [0.2, 0.25) is 0 Å². The molecule has 3 aliphatic rings. The molecule has 1 saturated carbocycles. The molecule has 5 rings (SSSR count). The van der Waals surface area contributed by atoms with Crippen LogP contribution in [0.5, 0.6) is 0 Å². The highest BCUT2D eigenvalue weighted by Gasteiger charge is 2.54. The Morgan fingerprint density at radius 2 is 1.81 bits per heavy atom. The molecule has 1 atom stereocenters. The Morgan fingerprint density at radius 3 is 2.44 bits per heavy atom. The van der Waals surface area contributed by atoms with E-state index in [-0.39, 0.29) is 17.3 Å². The van der Waals surface area contributed by atoms with Gasteiger partial charge in [0, 0.05) is 44.1 Å². The van der Waals surface area contributed by atoms with E-state index in [1.54, 1.807) is 19.2 Å². The molecule has 1 aromatic carbocycles. The summed E-state index contributed by atoms with van der Waals surface area (Å²) in [7, 11) is -1.90. The lowest BCUT2D eigenvalue weighted by atomic mass is 9.94. The predicted molar refractivity (Wildman–Crippen MR) is 137 cm³/mol. The lowest BCUT2D eigenvalue weighted by molar-refractivity contribution is 0.0729. The quantitative estimate of drug-likeness (QED) is 0.602. The first-order chi connectivity index (χ1) is 17.3. The van der Waals surface area contributed by atoms with Gasteiger partial charge in [-0.05, 0) is 56.9 Å². The van der Waals surface area contributed by atoms with Crippen LogP contribution in [0.1, 0.15) is 38.3 Å². The summed E-state index contributed by atoms with van der Waals surface area (Å²) >= 11 is 0. The van der Waals surface area contributed by atoms with Crippen molar-refractivity contribution in [3.63, 3.8) is 0 Å². The highest BCUT2D eigenvalue weighted by atomic mass is 32.2. The maximum atomic E-state index is 13.9. The number of hydrogen-bond donors (Lipinski definition) is 2. The van der Waals surface area contributed by atoms with E-state index in [0.29, 0.717) is 81.7 Å². The van der Waals surface area contributed by atoms with Gasteiger partial charge in [0.15, 0.2) is 15.7 Å². The van der Waals surface area contributed by atoms with E-state index < -0.39 is 14.6 Å². The van der Waals surface area contributed by atoms with Crippen molar-refractivity contribution in [2.24, 2.45) is 0 Å². The first kappa shape index (κ1) is 24.9. The van der Waals surface area contributed by atoms with Gasteiger partial charge in [-0.1, -0.05) is 0 Å². The van der Waals surface area contributed by atoms with Crippen molar-refractivity contribution >= 4 is 27.4 Å². The highest BCUT2D eigenvalue weighted by molar-refractivity contribution is 7.93. The van der Waals surface area contributed by atoms with Gasteiger partial charge in [-0.25, -0.2) is 23.2 Å². The number of benzene rings is 1. The standard InChI is InChI=1S/C25H33N5O5S/c1-17-16-35-14-11-30(17)22-15-21(25(9-12-34-13-10-25)36(32,33)20-7-8-20)28-23(29-22)18-3-5-19(6-4-18)27-24(31)26-2/h3-6,15,17,20H,7-14,16H2,1-2H3,(H2,26,27,31)/t17-/m0/s1. The molecule has 0 bridgehead atoms. The van der Waals surface area contributed by atoms with Gasteiger partial charge < -0.3 is 25.0 Å². The van der Waals surface area contributed by atoms with Crippen LogP contribution in [-0.2, 0) is 24.1 Å². The van der Waals surface area contributed by atoms with E-state index in [1.807, 2.05) is 18.2 Å². The van der Waals surface area contributed by atoms with E-state index >= 15 is 0 Å². The lowest BCUT2D eigenvalue weighted by Crippen LogP contribution is -2.46. The first-order valence-corrected chi connectivity index (χ1v) is 14.0. The van der Waals surface area contributed by atoms with Crippen molar-refractivity contribution in [1.82, 2.24) is 15.3 Å². The molecule has 2 amide bonds. The fourth-order valence-corrected chi connectivity index (χ4v) is 7.52. The molecule has 0 unspecified atom stereocenters. The van der Waals surface area contributed by atoms with Crippen LogP contribution in [0.4, 0.5) is 16.3 Å². The van der Waals surface area contributed by atoms with Gasteiger partial charge in [-0.15, -0.1) is 0 Å². The van der Waals surface area contributed by atoms with E-state index in [9.17, 15) is 13.2 Å². The number of aromatic nitrogens is 2. The van der Waals surface area contributed by atoms with Gasteiger partial charge >= 0.3 is 6.03 Å². The molecule has 2 saturated heterocycles. The molecule has 2 aliphatic heterocycles. The van der Waals surface area contributed by atoms with Gasteiger partial charge in [-0.2, -0.15) is 0 Å². The minimum absolute atomic E-state index is 0.0964. The van der Waals surface area contributed by atoms with E-state index in [0.717, 1.165) is 5.56 Å². The Bertz CT molecular complexity index is 1210. The number of carbonyl (C=O) groups is 1. The van der Waals surface area contributed by atoms with Gasteiger partial charge in [0.25, 0.3) is 0 Å². The Hall–Kier alpha value is -2.76. The third kappa shape index (κ3) is 4.67. The first-order valence-electron chi connectivity index (χ1n) is 12.5. The smallest absolute Gasteiger partial charge is 0.318 e. The number of urea groups is 1. The van der Waals surface area contributed by atoms with Crippen LogP contribution in [0.25, 0.3) is 11.4 Å². The lowest BCUT2D eigenvalue weighted by Gasteiger charge is -2.38. The molecular formula is C25H33N5O5S. The molecule has 3 fully saturated rings. The minimum atomic E-state index is -3.45. The number of anilines is 2. The second-order valence-corrected chi connectivity index (χ2v) is 12.2. The van der Waals surface area contributed by atoms with Gasteiger partial charge in [-0.3, -0.25) is 0 Å². The molecule has 1 aliphatic carbocycles. The largest absolute Gasteiger partial charge is 0.381 e. The molecule has 1 aromatic heterocycles. The summed E-state index contributed by atoms with van der Waals surface area (Å²) in [6.45, 7) is 4.66. The Labute approximate surface area is 211 Å². The van der Waals surface area contributed by atoms with Crippen molar-refractivity contribution in [3.05, 3.63) is 36.0 Å². The molecule has 194 valence electrons. The normalized spacial score (nSPS) is 22.2. The summed E-state index contributed by atoms with van der Waals surface area (Å²) in [4.78, 5) is 23.6. The maximum absolute atomic E-state index is 13.9. The number of hydrogen-bond acceptors (Lipinski definition) is 8. The van der Waals surface area contributed by atoms with Gasteiger partial charge in [0.05, 0.1) is 30.2 Å². The van der Waals surface area contributed by atoms with E-state index in [1.165, 1.54) is 0 Å². The van der Waals surface area contributed by atoms with Crippen molar-refractivity contribution < 1.29 is 22.7 Å². The predicted octanol–water partition coefficient (Wildman–Crippen LogP) is 2.70. The number of rotatable bonds is 6. The number of nitrogens with zero attached hydrogens (tertiary/aromatic N) is 3. The van der Waals surface area contributed by atoms with E-state index in [4.69, 9.17) is 19.4 Å². The second-order valence-electron chi connectivity index (χ2n) is 9.68. The van der Waals surface area contributed by atoms with Crippen LogP contribution in [0.15, 0.2) is 30.3 Å². The average Bonchev–Trinajstić information content (AvgIpc) is 3.76. The number of sulfone groups is 1. The summed E-state index contributed by atoms with van der Waals surface area (Å²) in [5.74, 6) is 1.17. The number of ether oxygens (including phenoxy) is 2. The van der Waals surface area contributed by atoms with Gasteiger partial charge in [0.1, 0.15) is 10.6 Å². The topological polar surface area (TPSA) is 123 Å². The third-order valence-electron chi connectivity index (χ3n) is 7.28. The van der Waals surface area contributed by atoms with Crippen LogP contribution in [-0.4, -0.2) is 75.7 Å². The van der Waals surface area contributed by atoms with E-state index in [2.05, 4.69) is 22.5 Å². The van der Waals surface area contributed by atoms with Crippen molar-refractivity contribution in [2.45, 2.75) is 48.6 Å². The molecule has 2 N–H and O–H groups in total. The average molecular weight is 516 g/mol. The van der Waals surface area contributed by atoms with Crippen molar-refractivity contribution in [3.8, 4) is 11.4 Å². The molecule has 0 spiro atoms. The second kappa shape index (κ2) is 9.95. The molecule has 11 heteroatoms. The Kier molecular flexibility index (Phi) is 6.88. The third-order valence-corrected chi connectivity index (χ3v) is 10.3. The molecule has 2 aromatic rings. The van der Waals surface area contributed by atoms with Crippen molar-refractivity contribution in [2.75, 3.05) is 50.2 Å². The van der Waals surface area contributed by atoms with Crippen LogP contribution >= 0.6 is 0 Å². The summed E-state index contributed by atoms with van der Waals surface area (Å²) < 4.78 is 37.8. The molecule has 0 radical (unpaired) electrons. The number of amides is 2. The van der Waals surface area contributed by atoms with Crippen LogP contribution in [0, 0.1) is 0 Å². The molecule has 3 heterocycles. The number of carbonyl (C=O) groups excluding carboxylic acids is 1. The van der Waals surface area contributed by atoms with Crippen LogP contribution in [0.3, 0.4) is 0 Å². The molecular weight excluding hydrogens is 482 g/mol. The highest BCUT2D eigenvalue weighted by Crippen LogP contribution is 2.47. The zero-order chi connectivity index (χ0) is 25.3. The van der Waals surface area contributed by atoms with Crippen molar-refractivity contribution in [1.29, 1.82) is 0 Å². The zero-order valence-electron chi connectivity index (χ0n) is 20.7. The maximum Gasteiger partial charge on any atom is 0.318 e. The summed E-state index contributed by atoms with van der Waals surface area (Å²) in [5, 5.41) is 4.96. The Balaban J connectivity index is 1.61. The summed E-state index contributed by atoms with van der Waals surface area (Å²) in [6.07, 6.45) is 2.18. The fourth-order valence-electron chi connectivity index (χ4n) is 4.99. The zero-order valence-corrected chi connectivity index (χ0v) is 21.5. The number of nitrogens with one attached hydrogen (secondary N) is 2. The summed E-state index contributed by atoms with van der Waals surface area (Å²) in [5.41, 5.74) is 1.92. The minimum Gasteiger partial charge on any atom is -0.381 e. The number of morpholine rings is 1. The SMILES string of the molecule is CNC(=O)Nc1ccc(-c2nc(N3CCOC[C@@H]3C)cc(C3(S(=O)(=O)C4CC4)CCOCC3)n2)cc1. The molecule has 36 heavy (non-hydrogen) atoms.